The van der Waals surface area contributed by atoms with Crippen LogP contribution >= 0.6 is 0 Å². The summed E-state index contributed by atoms with van der Waals surface area (Å²) in [6.07, 6.45) is 5.86. The highest BCUT2D eigenvalue weighted by Gasteiger charge is 2.81. The van der Waals surface area contributed by atoms with Gasteiger partial charge in [0, 0.05) is 24.2 Å². The summed E-state index contributed by atoms with van der Waals surface area (Å²) < 4.78 is 28.0. The number of halogens is 2. The van der Waals surface area contributed by atoms with E-state index in [0.717, 1.165) is 25.7 Å². The molecule has 3 heteroatoms. The van der Waals surface area contributed by atoms with Gasteiger partial charge in [-0.3, -0.25) is 4.79 Å². The molecule has 1 spiro atoms. The molecule has 1 atom stereocenters. The van der Waals surface area contributed by atoms with Gasteiger partial charge in [-0.15, -0.1) is 0 Å². The molecule has 3 aliphatic carbocycles. The maximum absolute atomic E-state index is 14.0. The Kier molecular flexibility index (Phi) is 2.18. The Hall–Kier alpha value is -0.470. The van der Waals surface area contributed by atoms with Crippen LogP contribution in [0.3, 0.4) is 0 Å². The zero-order chi connectivity index (χ0) is 11.4. The van der Waals surface area contributed by atoms with E-state index < -0.39 is 17.3 Å². The van der Waals surface area contributed by atoms with Crippen molar-refractivity contribution in [3.8, 4) is 0 Å². The molecule has 1 nitrogen and oxygen atoms in total. The molecule has 0 aromatic carbocycles. The highest BCUT2D eigenvalue weighted by atomic mass is 19.3. The molecule has 0 N–H and O–H groups in total. The number of ketones is 1. The number of rotatable bonds is 1. The van der Waals surface area contributed by atoms with Crippen molar-refractivity contribution in [1.29, 1.82) is 0 Å². The number of hydrogen-bond donors (Lipinski definition) is 0. The normalized spacial score (nSPS) is 36.9. The fraction of sp³-hybridized carbons (Fsp3) is 0.923. The standard InChI is InChI=1S/C13H18F2O/c14-13(15)11(9-3-1-2-4-9)12(13)7-5-10(16)6-8-12/h9,11H,1-8H2. The summed E-state index contributed by atoms with van der Waals surface area (Å²) >= 11 is 0. The molecule has 16 heavy (non-hydrogen) atoms. The summed E-state index contributed by atoms with van der Waals surface area (Å²) in [7, 11) is 0. The van der Waals surface area contributed by atoms with Crippen LogP contribution in [-0.4, -0.2) is 11.7 Å². The van der Waals surface area contributed by atoms with Crippen molar-refractivity contribution < 1.29 is 13.6 Å². The molecule has 3 rings (SSSR count). The number of carbonyl (C=O) groups is 1. The van der Waals surface area contributed by atoms with Gasteiger partial charge in [0.1, 0.15) is 5.78 Å². The van der Waals surface area contributed by atoms with Crippen LogP contribution in [-0.2, 0) is 4.79 Å². The Balaban J connectivity index is 1.78. The lowest BCUT2D eigenvalue weighted by Gasteiger charge is -2.22. The molecule has 0 saturated heterocycles. The minimum atomic E-state index is -2.47. The lowest BCUT2D eigenvalue weighted by Crippen LogP contribution is -2.21. The van der Waals surface area contributed by atoms with E-state index in [2.05, 4.69) is 0 Å². The van der Waals surface area contributed by atoms with Crippen LogP contribution < -0.4 is 0 Å². The molecule has 0 aliphatic heterocycles. The summed E-state index contributed by atoms with van der Waals surface area (Å²) in [5, 5.41) is 0. The van der Waals surface area contributed by atoms with E-state index in [9.17, 15) is 13.6 Å². The number of alkyl halides is 2. The highest BCUT2D eigenvalue weighted by molar-refractivity contribution is 5.79. The van der Waals surface area contributed by atoms with Gasteiger partial charge < -0.3 is 0 Å². The minimum absolute atomic E-state index is 0.179. The van der Waals surface area contributed by atoms with Gasteiger partial charge in [-0.2, -0.15) is 0 Å². The predicted octanol–water partition coefficient (Wildman–Crippen LogP) is 3.57. The molecular weight excluding hydrogens is 210 g/mol. The van der Waals surface area contributed by atoms with Crippen LogP contribution in [0.1, 0.15) is 51.4 Å². The zero-order valence-electron chi connectivity index (χ0n) is 9.48. The van der Waals surface area contributed by atoms with Gasteiger partial charge >= 0.3 is 0 Å². The van der Waals surface area contributed by atoms with Crippen LogP contribution in [0.15, 0.2) is 0 Å². The molecule has 0 heterocycles. The molecule has 0 aromatic heterocycles. The van der Waals surface area contributed by atoms with Gasteiger partial charge in [-0.05, 0) is 31.6 Å². The Labute approximate surface area is 94.6 Å². The number of hydrogen-bond acceptors (Lipinski definition) is 1. The van der Waals surface area contributed by atoms with Crippen molar-refractivity contribution in [2.75, 3.05) is 0 Å². The molecule has 3 fully saturated rings. The third-order valence-electron chi connectivity index (χ3n) is 5.14. The van der Waals surface area contributed by atoms with Crippen LogP contribution in [0, 0.1) is 17.3 Å². The van der Waals surface area contributed by atoms with E-state index in [1.54, 1.807) is 0 Å². The minimum Gasteiger partial charge on any atom is -0.300 e. The Morgan fingerprint density at radius 1 is 1.06 bits per heavy atom. The first kappa shape index (κ1) is 10.7. The quantitative estimate of drug-likeness (QED) is 0.670. The van der Waals surface area contributed by atoms with Crippen LogP contribution in [0.2, 0.25) is 0 Å². The Morgan fingerprint density at radius 3 is 2.19 bits per heavy atom. The van der Waals surface area contributed by atoms with Gasteiger partial charge in [0.15, 0.2) is 0 Å². The van der Waals surface area contributed by atoms with Crippen molar-refractivity contribution in [2.45, 2.75) is 57.3 Å². The fourth-order valence-corrected chi connectivity index (χ4v) is 4.20. The Morgan fingerprint density at radius 2 is 1.62 bits per heavy atom. The van der Waals surface area contributed by atoms with Gasteiger partial charge in [-0.25, -0.2) is 8.78 Å². The SMILES string of the molecule is O=C1CCC2(CC1)C(C1CCCC1)C2(F)F. The molecule has 3 saturated carbocycles. The first-order chi connectivity index (χ1) is 7.58. The summed E-state index contributed by atoms with van der Waals surface area (Å²) in [6.45, 7) is 0. The van der Waals surface area contributed by atoms with Crippen molar-refractivity contribution in [3.63, 3.8) is 0 Å². The second-order valence-corrected chi connectivity index (χ2v) is 5.84. The maximum Gasteiger partial charge on any atom is 0.257 e. The van der Waals surface area contributed by atoms with E-state index >= 15 is 0 Å². The first-order valence-electron chi connectivity index (χ1n) is 6.47. The third-order valence-corrected chi connectivity index (χ3v) is 5.14. The van der Waals surface area contributed by atoms with Crippen LogP contribution in [0.5, 0.6) is 0 Å². The second-order valence-electron chi connectivity index (χ2n) is 5.84. The monoisotopic (exact) mass is 228 g/mol. The van der Waals surface area contributed by atoms with Gasteiger partial charge in [0.2, 0.25) is 0 Å². The zero-order valence-corrected chi connectivity index (χ0v) is 9.48. The van der Waals surface area contributed by atoms with Crippen molar-refractivity contribution in [3.05, 3.63) is 0 Å². The van der Waals surface area contributed by atoms with E-state index in [1.807, 2.05) is 0 Å². The largest absolute Gasteiger partial charge is 0.300 e. The molecule has 0 bridgehead atoms. The van der Waals surface area contributed by atoms with E-state index in [1.165, 1.54) is 0 Å². The summed E-state index contributed by atoms with van der Waals surface area (Å²) in [5.74, 6) is -2.44. The van der Waals surface area contributed by atoms with Gasteiger partial charge in [0.05, 0.1) is 0 Å². The molecule has 0 radical (unpaired) electrons. The topological polar surface area (TPSA) is 17.1 Å². The average Bonchev–Trinajstić information content (AvgIpc) is 2.64. The van der Waals surface area contributed by atoms with E-state index in [0.29, 0.717) is 25.7 Å². The molecule has 90 valence electrons. The first-order valence-corrected chi connectivity index (χ1v) is 6.47. The fourth-order valence-electron chi connectivity index (χ4n) is 4.20. The van der Waals surface area contributed by atoms with E-state index in [-0.39, 0.29) is 11.7 Å². The van der Waals surface area contributed by atoms with Crippen LogP contribution in [0.25, 0.3) is 0 Å². The molecule has 0 amide bonds. The number of carbonyl (C=O) groups excluding carboxylic acids is 1. The third kappa shape index (κ3) is 1.23. The Bertz CT molecular complexity index is 308. The predicted molar refractivity (Wildman–Crippen MR) is 56.3 cm³/mol. The highest BCUT2D eigenvalue weighted by Crippen LogP contribution is 2.75. The van der Waals surface area contributed by atoms with Gasteiger partial charge in [-0.1, -0.05) is 12.8 Å². The smallest absolute Gasteiger partial charge is 0.257 e. The van der Waals surface area contributed by atoms with Crippen molar-refractivity contribution >= 4 is 5.78 Å². The molecule has 1 unspecified atom stereocenters. The summed E-state index contributed by atoms with van der Waals surface area (Å²) in [5.41, 5.74) is -0.768. The summed E-state index contributed by atoms with van der Waals surface area (Å²) in [6, 6.07) is 0. The lowest BCUT2D eigenvalue weighted by molar-refractivity contribution is -0.122. The summed E-state index contributed by atoms with van der Waals surface area (Å²) in [4.78, 5) is 11.2. The maximum atomic E-state index is 14.0. The van der Waals surface area contributed by atoms with Crippen molar-refractivity contribution in [2.24, 2.45) is 17.3 Å². The van der Waals surface area contributed by atoms with E-state index in [4.69, 9.17) is 0 Å². The number of Topliss-reactive ketones (excluding diaryl/α,β-unsaturated/α-hetero) is 1. The van der Waals surface area contributed by atoms with Crippen molar-refractivity contribution in [1.82, 2.24) is 0 Å². The van der Waals surface area contributed by atoms with Crippen LogP contribution in [0.4, 0.5) is 8.78 Å². The molecular formula is C13H18F2O. The van der Waals surface area contributed by atoms with Gasteiger partial charge in [0.25, 0.3) is 5.92 Å². The second kappa shape index (κ2) is 3.27. The molecule has 3 aliphatic rings. The molecule has 0 aromatic rings. The average molecular weight is 228 g/mol. The lowest BCUT2D eigenvalue weighted by atomic mass is 9.80.